The fourth-order valence-electron chi connectivity index (χ4n) is 4.14. The lowest BCUT2D eigenvalue weighted by atomic mass is 9.98. The second-order valence-corrected chi connectivity index (χ2v) is 7.91. The number of nitrogens with one attached hydrogen (secondary N) is 2. The summed E-state index contributed by atoms with van der Waals surface area (Å²) in [6.45, 7) is 1.62. The van der Waals surface area contributed by atoms with Gasteiger partial charge in [0.1, 0.15) is 6.61 Å². The van der Waals surface area contributed by atoms with E-state index in [0.717, 1.165) is 27.3 Å². The van der Waals surface area contributed by atoms with E-state index in [4.69, 9.17) is 4.74 Å². The van der Waals surface area contributed by atoms with Gasteiger partial charge in [-0.1, -0.05) is 55.5 Å². The Morgan fingerprint density at radius 2 is 1.72 bits per heavy atom. The van der Waals surface area contributed by atoms with E-state index in [1.165, 1.54) is 6.92 Å². The zero-order valence-electron chi connectivity index (χ0n) is 17.4. The molecule has 32 heavy (non-hydrogen) atoms. The Hall–Kier alpha value is -3.88. The average Bonchev–Trinajstić information content (AvgIpc) is 3.34. The molecule has 1 saturated heterocycles. The molecule has 3 amide bonds. The Morgan fingerprint density at radius 3 is 2.31 bits per heavy atom. The Bertz CT molecular complexity index is 1040. The number of ether oxygens (including phenoxy) is 1. The number of amides is 3. The van der Waals surface area contributed by atoms with Crippen LogP contribution in [0.25, 0.3) is 11.1 Å². The molecule has 4 rings (SSSR count). The Morgan fingerprint density at radius 1 is 1.12 bits per heavy atom. The molecule has 0 aromatic heterocycles. The van der Waals surface area contributed by atoms with Crippen molar-refractivity contribution < 1.29 is 29.0 Å². The van der Waals surface area contributed by atoms with Crippen LogP contribution in [0.3, 0.4) is 0 Å². The highest BCUT2D eigenvalue weighted by Gasteiger charge is 2.40. The van der Waals surface area contributed by atoms with Gasteiger partial charge in [0.25, 0.3) is 0 Å². The van der Waals surface area contributed by atoms with Gasteiger partial charge < -0.3 is 15.2 Å². The van der Waals surface area contributed by atoms with Gasteiger partial charge in [0.2, 0.25) is 11.8 Å². The van der Waals surface area contributed by atoms with Gasteiger partial charge in [0, 0.05) is 12.5 Å². The molecule has 2 aromatic carbocycles. The highest BCUT2D eigenvalue weighted by molar-refractivity contribution is 5.94. The van der Waals surface area contributed by atoms with Crippen molar-refractivity contribution in [2.75, 3.05) is 13.2 Å². The van der Waals surface area contributed by atoms with E-state index < -0.39 is 35.8 Å². The van der Waals surface area contributed by atoms with Crippen LogP contribution in [0, 0.1) is 5.92 Å². The summed E-state index contributed by atoms with van der Waals surface area (Å²) in [7, 11) is 0. The zero-order chi connectivity index (χ0) is 22.8. The smallest absolute Gasteiger partial charge is 0.407 e. The molecule has 2 aromatic rings. The largest absolute Gasteiger partial charge is 0.480 e. The Labute approximate surface area is 184 Å². The minimum atomic E-state index is -1.27. The number of hydrazine groups is 1. The van der Waals surface area contributed by atoms with Crippen LogP contribution in [-0.2, 0) is 19.1 Å². The summed E-state index contributed by atoms with van der Waals surface area (Å²) in [5, 5.41) is 12.5. The standard InChI is InChI=1S/C23H23N3O6/c1-13(21(28)26-19(22(29)30)10-20(27)25-26)11-24-23(31)32-12-18-16-8-4-2-6-14(16)15-7-3-5-9-17(15)18/h2-9,13,18-19H,10-12H2,1H3,(H,24,31)(H,25,27)(H,29,30). The van der Waals surface area contributed by atoms with Crippen molar-refractivity contribution in [2.24, 2.45) is 5.92 Å². The molecule has 3 N–H and O–H groups in total. The maximum absolute atomic E-state index is 12.5. The van der Waals surface area contributed by atoms with E-state index in [9.17, 15) is 24.3 Å². The van der Waals surface area contributed by atoms with Crippen LogP contribution in [-0.4, -0.2) is 53.2 Å². The normalized spacial score (nSPS) is 17.8. The molecule has 0 radical (unpaired) electrons. The number of benzene rings is 2. The van der Waals surface area contributed by atoms with E-state index >= 15 is 0 Å². The molecule has 1 fully saturated rings. The second kappa shape index (κ2) is 8.70. The van der Waals surface area contributed by atoms with Crippen LogP contribution in [0.4, 0.5) is 4.79 Å². The third kappa shape index (κ3) is 4.01. The third-order valence-corrected chi connectivity index (χ3v) is 5.78. The van der Waals surface area contributed by atoms with E-state index in [1.54, 1.807) is 0 Å². The summed E-state index contributed by atoms with van der Waals surface area (Å²) in [5.74, 6) is -3.24. The summed E-state index contributed by atoms with van der Waals surface area (Å²) in [4.78, 5) is 47.5. The van der Waals surface area contributed by atoms with E-state index in [0.29, 0.717) is 0 Å². The summed E-state index contributed by atoms with van der Waals surface area (Å²) in [6.07, 6.45) is -0.972. The number of carboxylic acid groups (broad SMARTS) is 1. The van der Waals surface area contributed by atoms with Gasteiger partial charge in [-0.2, -0.15) is 0 Å². The van der Waals surface area contributed by atoms with Gasteiger partial charge in [-0.3, -0.25) is 15.0 Å². The molecular weight excluding hydrogens is 414 g/mol. The maximum atomic E-state index is 12.5. The van der Waals surface area contributed by atoms with Gasteiger partial charge in [-0.15, -0.1) is 0 Å². The van der Waals surface area contributed by atoms with Crippen molar-refractivity contribution in [1.82, 2.24) is 15.8 Å². The van der Waals surface area contributed by atoms with Crippen molar-refractivity contribution in [3.63, 3.8) is 0 Å². The van der Waals surface area contributed by atoms with Gasteiger partial charge in [0.05, 0.1) is 12.3 Å². The van der Waals surface area contributed by atoms with E-state index in [-0.39, 0.29) is 25.5 Å². The van der Waals surface area contributed by atoms with Crippen molar-refractivity contribution in [2.45, 2.75) is 25.3 Å². The number of carbonyl (C=O) groups excluding carboxylic acids is 3. The quantitative estimate of drug-likeness (QED) is 0.634. The molecule has 1 aliphatic carbocycles. The predicted molar refractivity (Wildman–Crippen MR) is 113 cm³/mol. The first-order valence-electron chi connectivity index (χ1n) is 10.3. The van der Waals surface area contributed by atoms with Crippen LogP contribution < -0.4 is 10.7 Å². The lowest BCUT2D eigenvalue weighted by Gasteiger charge is -2.24. The fraction of sp³-hybridized carbons (Fsp3) is 0.304. The fourth-order valence-corrected chi connectivity index (χ4v) is 4.14. The van der Waals surface area contributed by atoms with E-state index in [1.807, 2.05) is 48.5 Å². The first-order chi connectivity index (χ1) is 15.4. The highest BCUT2D eigenvalue weighted by atomic mass is 16.5. The van der Waals surface area contributed by atoms with Gasteiger partial charge in [-0.05, 0) is 22.3 Å². The molecule has 1 aliphatic heterocycles. The Kier molecular flexibility index (Phi) is 5.81. The molecule has 2 atom stereocenters. The first-order valence-corrected chi connectivity index (χ1v) is 10.3. The predicted octanol–water partition coefficient (Wildman–Crippen LogP) is 1.88. The molecule has 0 spiro atoms. The van der Waals surface area contributed by atoms with Crippen molar-refractivity contribution in [3.8, 4) is 11.1 Å². The number of carbonyl (C=O) groups is 4. The number of alkyl carbamates (subject to hydrolysis) is 1. The summed E-state index contributed by atoms with van der Waals surface area (Å²) in [6, 6.07) is 14.7. The lowest BCUT2D eigenvalue weighted by molar-refractivity contribution is -0.152. The molecule has 166 valence electrons. The summed E-state index contributed by atoms with van der Waals surface area (Å²) in [5.41, 5.74) is 6.68. The average molecular weight is 437 g/mol. The number of aliphatic carboxylic acids is 1. The van der Waals surface area contributed by atoms with E-state index in [2.05, 4.69) is 10.7 Å². The van der Waals surface area contributed by atoms with Gasteiger partial charge in [0.15, 0.2) is 6.04 Å². The molecule has 9 heteroatoms. The first kappa shape index (κ1) is 21.4. The highest BCUT2D eigenvalue weighted by Crippen LogP contribution is 2.44. The number of rotatable bonds is 6. The summed E-state index contributed by atoms with van der Waals surface area (Å²) < 4.78 is 5.43. The van der Waals surface area contributed by atoms with Crippen LogP contribution in [0.5, 0.6) is 0 Å². The second-order valence-electron chi connectivity index (χ2n) is 7.91. The molecule has 9 nitrogen and oxygen atoms in total. The van der Waals surface area contributed by atoms with Crippen molar-refractivity contribution >= 4 is 23.9 Å². The van der Waals surface area contributed by atoms with Crippen molar-refractivity contribution in [1.29, 1.82) is 0 Å². The number of hydrogen-bond acceptors (Lipinski definition) is 5. The Balaban J connectivity index is 1.33. The molecule has 0 bridgehead atoms. The lowest BCUT2D eigenvalue weighted by Crippen LogP contribution is -2.50. The molecule has 2 aliphatic rings. The topological polar surface area (TPSA) is 125 Å². The van der Waals surface area contributed by atoms with Gasteiger partial charge in [-0.25, -0.2) is 14.6 Å². The number of carboxylic acids is 1. The van der Waals surface area contributed by atoms with Crippen LogP contribution in [0.15, 0.2) is 48.5 Å². The van der Waals surface area contributed by atoms with Gasteiger partial charge >= 0.3 is 12.1 Å². The molecular formula is C23H23N3O6. The van der Waals surface area contributed by atoms with Crippen LogP contribution >= 0.6 is 0 Å². The zero-order valence-corrected chi connectivity index (χ0v) is 17.4. The minimum Gasteiger partial charge on any atom is -0.480 e. The number of nitrogens with zero attached hydrogens (tertiary/aromatic N) is 1. The molecule has 0 saturated carbocycles. The minimum absolute atomic E-state index is 0.0613. The molecule has 2 unspecified atom stereocenters. The van der Waals surface area contributed by atoms with Crippen LogP contribution in [0.2, 0.25) is 0 Å². The summed E-state index contributed by atoms with van der Waals surface area (Å²) >= 11 is 0. The SMILES string of the molecule is CC(CNC(=O)OCC1c2ccccc2-c2ccccc21)C(=O)N1NC(=O)CC1C(=O)O. The monoisotopic (exact) mass is 437 g/mol. The third-order valence-electron chi connectivity index (χ3n) is 5.78. The number of hydrogen-bond donors (Lipinski definition) is 3. The molecule has 1 heterocycles. The number of fused-ring (bicyclic) bond motifs is 3. The van der Waals surface area contributed by atoms with Crippen molar-refractivity contribution in [3.05, 3.63) is 59.7 Å². The maximum Gasteiger partial charge on any atom is 0.407 e. The van der Waals surface area contributed by atoms with Crippen LogP contribution in [0.1, 0.15) is 30.4 Å².